The SMILES string of the molecule is O=C(CCOc1ccccc1)Nc1ccc(NC2CCCCC2)cc1. The first-order chi connectivity index (χ1) is 12.3. The van der Waals surface area contributed by atoms with Crippen molar-refractivity contribution in [2.24, 2.45) is 0 Å². The summed E-state index contributed by atoms with van der Waals surface area (Å²) < 4.78 is 5.55. The number of benzene rings is 2. The minimum absolute atomic E-state index is 0.0380. The average Bonchev–Trinajstić information content (AvgIpc) is 2.65. The summed E-state index contributed by atoms with van der Waals surface area (Å²) in [5.41, 5.74) is 1.94. The van der Waals surface area contributed by atoms with Gasteiger partial charge in [0.25, 0.3) is 0 Å². The number of rotatable bonds is 7. The van der Waals surface area contributed by atoms with Crippen molar-refractivity contribution in [2.45, 2.75) is 44.6 Å². The first-order valence-electron chi connectivity index (χ1n) is 9.14. The Bertz CT molecular complexity index is 649. The third-order valence-electron chi connectivity index (χ3n) is 4.49. The minimum atomic E-state index is -0.0380. The molecule has 2 N–H and O–H groups in total. The lowest BCUT2D eigenvalue weighted by Gasteiger charge is -2.23. The first kappa shape index (κ1) is 17.3. The van der Waals surface area contributed by atoms with Crippen LogP contribution in [0.1, 0.15) is 38.5 Å². The molecule has 0 radical (unpaired) electrons. The molecule has 0 saturated heterocycles. The van der Waals surface area contributed by atoms with Crippen molar-refractivity contribution < 1.29 is 9.53 Å². The maximum atomic E-state index is 12.0. The van der Waals surface area contributed by atoms with Crippen molar-refractivity contribution in [2.75, 3.05) is 17.2 Å². The van der Waals surface area contributed by atoms with E-state index in [0.717, 1.165) is 17.1 Å². The fraction of sp³-hybridized carbons (Fsp3) is 0.381. The molecule has 132 valence electrons. The molecule has 1 saturated carbocycles. The Hall–Kier alpha value is -2.49. The van der Waals surface area contributed by atoms with Crippen LogP contribution < -0.4 is 15.4 Å². The highest BCUT2D eigenvalue weighted by molar-refractivity contribution is 5.90. The van der Waals surface area contributed by atoms with E-state index in [9.17, 15) is 4.79 Å². The van der Waals surface area contributed by atoms with Gasteiger partial charge >= 0.3 is 0 Å². The smallest absolute Gasteiger partial charge is 0.227 e. The Kier molecular flexibility index (Phi) is 6.32. The lowest BCUT2D eigenvalue weighted by Crippen LogP contribution is -2.22. The van der Waals surface area contributed by atoms with Gasteiger partial charge in [-0.25, -0.2) is 0 Å². The van der Waals surface area contributed by atoms with Crippen molar-refractivity contribution in [3.05, 3.63) is 54.6 Å². The van der Waals surface area contributed by atoms with Crippen molar-refractivity contribution in [1.82, 2.24) is 0 Å². The van der Waals surface area contributed by atoms with Crippen LogP contribution in [0.5, 0.6) is 5.75 Å². The second-order valence-electron chi connectivity index (χ2n) is 6.52. The lowest BCUT2D eigenvalue weighted by atomic mass is 9.95. The van der Waals surface area contributed by atoms with Crippen LogP contribution in [0.3, 0.4) is 0 Å². The average molecular weight is 338 g/mol. The van der Waals surface area contributed by atoms with E-state index in [1.165, 1.54) is 32.1 Å². The molecule has 1 aliphatic carbocycles. The van der Waals surface area contributed by atoms with Crippen LogP contribution in [0.2, 0.25) is 0 Å². The van der Waals surface area contributed by atoms with Crippen LogP contribution >= 0.6 is 0 Å². The molecular formula is C21H26N2O2. The number of hydrogen-bond donors (Lipinski definition) is 2. The molecule has 2 aromatic rings. The molecule has 4 nitrogen and oxygen atoms in total. The van der Waals surface area contributed by atoms with Crippen LogP contribution in [0.15, 0.2) is 54.6 Å². The molecule has 0 aromatic heterocycles. The molecule has 3 rings (SSSR count). The highest BCUT2D eigenvalue weighted by Crippen LogP contribution is 2.22. The number of amides is 1. The van der Waals surface area contributed by atoms with Crippen molar-refractivity contribution in [3.63, 3.8) is 0 Å². The van der Waals surface area contributed by atoms with E-state index in [-0.39, 0.29) is 5.91 Å². The molecule has 0 spiro atoms. The van der Waals surface area contributed by atoms with Gasteiger partial charge in [0, 0.05) is 17.4 Å². The van der Waals surface area contributed by atoms with E-state index >= 15 is 0 Å². The van der Waals surface area contributed by atoms with Crippen molar-refractivity contribution >= 4 is 17.3 Å². The summed E-state index contributed by atoms with van der Waals surface area (Å²) in [6.45, 7) is 0.372. The van der Waals surface area contributed by atoms with Gasteiger partial charge in [-0.1, -0.05) is 37.5 Å². The first-order valence-corrected chi connectivity index (χ1v) is 9.14. The van der Waals surface area contributed by atoms with Crippen LogP contribution in [0.4, 0.5) is 11.4 Å². The van der Waals surface area contributed by atoms with Gasteiger partial charge in [-0.3, -0.25) is 4.79 Å². The molecule has 1 aliphatic rings. The summed E-state index contributed by atoms with van der Waals surface area (Å²) in [6, 6.07) is 18.1. The summed E-state index contributed by atoms with van der Waals surface area (Å²) in [4.78, 5) is 12.0. The monoisotopic (exact) mass is 338 g/mol. The topological polar surface area (TPSA) is 50.4 Å². The number of para-hydroxylation sites is 1. The Morgan fingerprint density at radius 3 is 2.32 bits per heavy atom. The van der Waals surface area contributed by atoms with Gasteiger partial charge in [-0.2, -0.15) is 0 Å². The lowest BCUT2D eigenvalue weighted by molar-refractivity contribution is -0.116. The van der Waals surface area contributed by atoms with Gasteiger partial charge in [0.2, 0.25) is 5.91 Å². The minimum Gasteiger partial charge on any atom is -0.493 e. The molecule has 1 fully saturated rings. The Morgan fingerprint density at radius 1 is 0.920 bits per heavy atom. The quantitative estimate of drug-likeness (QED) is 0.759. The zero-order chi connectivity index (χ0) is 17.3. The van der Waals surface area contributed by atoms with Crippen LogP contribution in [-0.4, -0.2) is 18.6 Å². The number of carbonyl (C=O) groups excluding carboxylic acids is 1. The molecule has 25 heavy (non-hydrogen) atoms. The van der Waals surface area contributed by atoms with Crippen molar-refractivity contribution in [1.29, 1.82) is 0 Å². The Morgan fingerprint density at radius 2 is 1.60 bits per heavy atom. The van der Waals surface area contributed by atoms with E-state index in [0.29, 0.717) is 19.1 Å². The van der Waals surface area contributed by atoms with Gasteiger partial charge in [0.05, 0.1) is 13.0 Å². The molecule has 0 unspecified atom stereocenters. The molecular weight excluding hydrogens is 312 g/mol. The molecule has 0 heterocycles. The predicted octanol–water partition coefficient (Wildman–Crippen LogP) is 4.84. The number of anilines is 2. The molecule has 4 heteroatoms. The summed E-state index contributed by atoms with van der Waals surface area (Å²) in [5, 5.41) is 6.49. The van der Waals surface area contributed by atoms with Crippen LogP contribution in [0, 0.1) is 0 Å². The van der Waals surface area contributed by atoms with Gasteiger partial charge in [0.1, 0.15) is 5.75 Å². The predicted molar refractivity (Wildman–Crippen MR) is 102 cm³/mol. The van der Waals surface area contributed by atoms with Crippen LogP contribution in [-0.2, 0) is 4.79 Å². The number of ether oxygens (including phenoxy) is 1. The number of nitrogens with one attached hydrogen (secondary N) is 2. The van der Waals surface area contributed by atoms with Gasteiger partial charge in [-0.15, -0.1) is 0 Å². The molecule has 0 atom stereocenters. The van der Waals surface area contributed by atoms with Gasteiger partial charge in [-0.05, 0) is 49.2 Å². The number of hydrogen-bond acceptors (Lipinski definition) is 3. The fourth-order valence-corrected chi connectivity index (χ4v) is 3.13. The molecule has 2 aromatic carbocycles. The maximum absolute atomic E-state index is 12.0. The Labute approximate surface area is 149 Å². The van der Waals surface area contributed by atoms with E-state index < -0.39 is 0 Å². The normalized spacial score (nSPS) is 14.7. The zero-order valence-electron chi connectivity index (χ0n) is 14.5. The highest BCUT2D eigenvalue weighted by atomic mass is 16.5. The van der Waals surface area contributed by atoms with E-state index in [1.54, 1.807) is 0 Å². The summed E-state index contributed by atoms with van der Waals surface area (Å²) in [7, 11) is 0. The fourth-order valence-electron chi connectivity index (χ4n) is 3.13. The highest BCUT2D eigenvalue weighted by Gasteiger charge is 2.12. The second-order valence-corrected chi connectivity index (χ2v) is 6.52. The van der Waals surface area contributed by atoms with E-state index in [1.807, 2.05) is 54.6 Å². The maximum Gasteiger partial charge on any atom is 0.227 e. The van der Waals surface area contributed by atoms with E-state index in [4.69, 9.17) is 4.74 Å². The van der Waals surface area contributed by atoms with Gasteiger partial charge < -0.3 is 15.4 Å². The zero-order valence-corrected chi connectivity index (χ0v) is 14.5. The molecule has 0 bridgehead atoms. The largest absolute Gasteiger partial charge is 0.493 e. The standard InChI is InChI=1S/C21H26N2O2/c24-21(15-16-25-20-9-5-2-6-10-20)23-19-13-11-18(12-14-19)22-17-7-3-1-4-8-17/h2,5-6,9-14,17,22H,1,3-4,7-8,15-16H2,(H,23,24). The van der Waals surface area contributed by atoms with Crippen LogP contribution in [0.25, 0.3) is 0 Å². The number of carbonyl (C=O) groups is 1. The second kappa shape index (κ2) is 9.11. The third kappa shape index (κ3) is 5.82. The van der Waals surface area contributed by atoms with Crippen molar-refractivity contribution in [3.8, 4) is 5.75 Å². The third-order valence-corrected chi connectivity index (χ3v) is 4.49. The van der Waals surface area contributed by atoms with Gasteiger partial charge in [0.15, 0.2) is 0 Å². The summed E-state index contributed by atoms with van der Waals surface area (Å²) >= 11 is 0. The Balaban J connectivity index is 1.40. The summed E-state index contributed by atoms with van der Waals surface area (Å²) in [5.74, 6) is 0.748. The molecule has 0 aliphatic heterocycles. The molecule has 1 amide bonds. The summed E-state index contributed by atoms with van der Waals surface area (Å²) in [6.07, 6.45) is 6.82. The van der Waals surface area contributed by atoms with E-state index in [2.05, 4.69) is 10.6 Å².